The first-order chi connectivity index (χ1) is 23.1. The molecule has 8 nitrogen and oxygen atoms in total. The maximum absolute atomic E-state index is 12.6. The average molecular weight is 677 g/mol. The van der Waals surface area contributed by atoms with Crippen LogP contribution in [0.25, 0.3) is 0 Å². The van der Waals surface area contributed by atoms with E-state index in [0.717, 1.165) is 32.1 Å². The van der Waals surface area contributed by atoms with E-state index >= 15 is 0 Å². The summed E-state index contributed by atoms with van der Waals surface area (Å²) in [5.41, 5.74) is 0. The van der Waals surface area contributed by atoms with Gasteiger partial charge in [-0.25, -0.2) is 4.79 Å². The molecule has 0 amide bonds. The number of ether oxygens (including phenoxy) is 3. The third-order valence-electron chi connectivity index (χ3n) is 7.96. The SMILES string of the molecule is CCCCC/C=C/CCC(=O)OCC(COCCC(C(=O)O)[N+](C)(C)C)OC(=O)CCC/C=C/C/C=C/C/C=C/CCCCCCCC. The topological polar surface area (TPSA) is 99.1 Å². The van der Waals surface area contributed by atoms with Crippen molar-refractivity contribution >= 4 is 17.9 Å². The van der Waals surface area contributed by atoms with Gasteiger partial charge in [-0.1, -0.05) is 107 Å². The number of likely N-dealkylation sites (N-methyl/N-ethyl adjacent to an activating group) is 1. The molecule has 48 heavy (non-hydrogen) atoms. The van der Waals surface area contributed by atoms with Gasteiger partial charge in [-0.05, 0) is 57.8 Å². The van der Waals surface area contributed by atoms with Crippen molar-refractivity contribution in [1.82, 2.24) is 0 Å². The van der Waals surface area contributed by atoms with Crippen LogP contribution in [0, 0.1) is 0 Å². The molecule has 0 aliphatic carbocycles. The lowest BCUT2D eigenvalue weighted by atomic mass is 10.1. The normalized spacial score (nSPS) is 13.6. The van der Waals surface area contributed by atoms with Crippen LogP contribution in [-0.2, 0) is 28.6 Å². The van der Waals surface area contributed by atoms with Gasteiger partial charge in [0.15, 0.2) is 12.1 Å². The van der Waals surface area contributed by atoms with Gasteiger partial charge < -0.3 is 23.8 Å². The maximum Gasteiger partial charge on any atom is 0.362 e. The molecule has 0 fully saturated rings. The molecule has 0 bridgehead atoms. The molecule has 0 radical (unpaired) electrons. The third kappa shape index (κ3) is 29.4. The lowest BCUT2D eigenvalue weighted by Gasteiger charge is -2.31. The van der Waals surface area contributed by atoms with Crippen molar-refractivity contribution in [2.24, 2.45) is 0 Å². The van der Waals surface area contributed by atoms with Crippen molar-refractivity contribution in [3.8, 4) is 0 Å². The number of unbranched alkanes of at least 4 members (excludes halogenated alkanes) is 10. The molecule has 0 aliphatic heterocycles. The van der Waals surface area contributed by atoms with Crippen LogP contribution >= 0.6 is 0 Å². The Hall–Kier alpha value is -2.71. The summed E-state index contributed by atoms with van der Waals surface area (Å²) in [6.07, 6.45) is 34.8. The van der Waals surface area contributed by atoms with E-state index in [1.54, 1.807) is 0 Å². The number of rotatable bonds is 32. The molecule has 0 aromatic carbocycles. The molecule has 0 aromatic rings. The van der Waals surface area contributed by atoms with Gasteiger partial charge in [0, 0.05) is 19.3 Å². The summed E-state index contributed by atoms with van der Waals surface area (Å²) in [5.74, 6) is -1.61. The minimum Gasteiger partial charge on any atom is -0.477 e. The van der Waals surface area contributed by atoms with Crippen LogP contribution in [0.5, 0.6) is 0 Å². The van der Waals surface area contributed by atoms with Crippen molar-refractivity contribution in [2.75, 3.05) is 41.0 Å². The van der Waals surface area contributed by atoms with Crippen molar-refractivity contribution in [3.63, 3.8) is 0 Å². The summed E-state index contributed by atoms with van der Waals surface area (Å²) in [6, 6.07) is -0.626. The van der Waals surface area contributed by atoms with E-state index in [4.69, 9.17) is 14.2 Å². The van der Waals surface area contributed by atoms with E-state index in [-0.39, 0.29) is 49.1 Å². The van der Waals surface area contributed by atoms with Gasteiger partial charge in [-0.15, -0.1) is 0 Å². The number of hydrogen-bond donors (Lipinski definition) is 1. The Bertz CT molecular complexity index is 932. The number of aliphatic carboxylic acids is 1. The Morgan fingerprint density at radius 3 is 1.77 bits per heavy atom. The lowest BCUT2D eigenvalue weighted by molar-refractivity contribution is -0.887. The Morgan fingerprint density at radius 2 is 1.15 bits per heavy atom. The van der Waals surface area contributed by atoms with Gasteiger partial charge in [0.2, 0.25) is 0 Å². The second-order valence-corrected chi connectivity index (χ2v) is 13.5. The summed E-state index contributed by atoms with van der Waals surface area (Å²) < 4.78 is 17.0. The quantitative estimate of drug-likeness (QED) is 0.0328. The number of carbonyl (C=O) groups excluding carboxylic acids is 2. The van der Waals surface area contributed by atoms with E-state index in [0.29, 0.717) is 19.3 Å². The zero-order valence-corrected chi connectivity index (χ0v) is 31.2. The van der Waals surface area contributed by atoms with Crippen LogP contribution in [-0.4, -0.2) is 80.6 Å². The highest BCUT2D eigenvalue weighted by Gasteiger charge is 2.31. The van der Waals surface area contributed by atoms with E-state index in [1.807, 2.05) is 27.2 Å². The Kier molecular flexibility index (Phi) is 29.8. The smallest absolute Gasteiger partial charge is 0.362 e. The zero-order valence-electron chi connectivity index (χ0n) is 31.2. The first kappa shape index (κ1) is 45.3. The number of hydrogen-bond acceptors (Lipinski definition) is 6. The fourth-order valence-electron chi connectivity index (χ4n) is 5.00. The number of allylic oxidation sites excluding steroid dienone is 8. The average Bonchev–Trinajstić information content (AvgIpc) is 3.03. The Labute approximate surface area is 293 Å². The van der Waals surface area contributed by atoms with Crippen molar-refractivity contribution in [3.05, 3.63) is 48.6 Å². The molecule has 276 valence electrons. The third-order valence-corrected chi connectivity index (χ3v) is 7.96. The van der Waals surface area contributed by atoms with Gasteiger partial charge in [0.1, 0.15) is 6.61 Å². The number of carboxylic acids is 1. The van der Waals surface area contributed by atoms with Gasteiger partial charge in [0.05, 0.1) is 34.4 Å². The van der Waals surface area contributed by atoms with Gasteiger partial charge in [-0.3, -0.25) is 9.59 Å². The second kappa shape index (κ2) is 31.6. The number of carboxylic acid groups (broad SMARTS) is 1. The molecular formula is C40H70NO7+. The molecule has 1 N–H and O–H groups in total. The molecule has 0 heterocycles. The van der Waals surface area contributed by atoms with Crippen molar-refractivity contribution < 1.29 is 38.2 Å². The maximum atomic E-state index is 12.6. The summed E-state index contributed by atoms with van der Waals surface area (Å²) >= 11 is 0. The van der Waals surface area contributed by atoms with Crippen molar-refractivity contribution in [1.29, 1.82) is 0 Å². The lowest BCUT2D eigenvalue weighted by Crippen LogP contribution is -2.50. The Balaban J connectivity index is 4.51. The second-order valence-electron chi connectivity index (χ2n) is 13.5. The Morgan fingerprint density at radius 1 is 0.625 bits per heavy atom. The summed E-state index contributed by atoms with van der Waals surface area (Å²) in [5, 5.41) is 9.55. The van der Waals surface area contributed by atoms with E-state index in [2.05, 4.69) is 56.4 Å². The molecule has 0 spiro atoms. The van der Waals surface area contributed by atoms with Gasteiger partial charge in [0.25, 0.3) is 0 Å². The van der Waals surface area contributed by atoms with Crippen LogP contribution in [0.4, 0.5) is 0 Å². The van der Waals surface area contributed by atoms with E-state index in [1.165, 1.54) is 57.8 Å². The molecule has 8 heteroatoms. The largest absolute Gasteiger partial charge is 0.477 e. The van der Waals surface area contributed by atoms with Crippen LogP contribution in [0.1, 0.15) is 136 Å². The fraction of sp³-hybridized carbons (Fsp3) is 0.725. The van der Waals surface area contributed by atoms with Crippen molar-refractivity contribution in [2.45, 2.75) is 148 Å². The van der Waals surface area contributed by atoms with Crippen LogP contribution in [0.3, 0.4) is 0 Å². The zero-order chi connectivity index (χ0) is 35.7. The number of quaternary nitrogens is 1. The molecule has 2 atom stereocenters. The van der Waals surface area contributed by atoms with E-state index in [9.17, 15) is 19.5 Å². The highest BCUT2D eigenvalue weighted by atomic mass is 16.6. The first-order valence-electron chi connectivity index (χ1n) is 18.7. The minimum absolute atomic E-state index is 0.0281. The summed E-state index contributed by atoms with van der Waals surface area (Å²) in [4.78, 5) is 36.5. The number of carbonyl (C=O) groups is 3. The first-order valence-corrected chi connectivity index (χ1v) is 18.7. The predicted molar refractivity (Wildman–Crippen MR) is 197 cm³/mol. The number of nitrogens with zero attached hydrogens (tertiary/aromatic N) is 1. The van der Waals surface area contributed by atoms with Crippen LogP contribution in [0.15, 0.2) is 48.6 Å². The molecular weight excluding hydrogens is 606 g/mol. The minimum atomic E-state index is -0.890. The van der Waals surface area contributed by atoms with Gasteiger partial charge >= 0.3 is 17.9 Å². The molecule has 0 aromatic heterocycles. The van der Waals surface area contributed by atoms with E-state index < -0.39 is 18.1 Å². The van der Waals surface area contributed by atoms with Gasteiger partial charge in [-0.2, -0.15) is 0 Å². The highest BCUT2D eigenvalue weighted by Crippen LogP contribution is 2.11. The molecule has 0 rings (SSSR count). The van der Waals surface area contributed by atoms with Crippen LogP contribution in [0.2, 0.25) is 0 Å². The molecule has 0 saturated carbocycles. The molecule has 0 aliphatic rings. The molecule has 0 saturated heterocycles. The monoisotopic (exact) mass is 677 g/mol. The summed E-state index contributed by atoms with van der Waals surface area (Å²) in [6.45, 7) is 4.54. The highest BCUT2D eigenvalue weighted by molar-refractivity contribution is 5.72. The summed E-state index contributed by atoms with van der Waals surface area (Å²) in [7, 11) is 5.48. The molecule has 2 unspecified atom stereocenters. The predicted octanol–water partition coefficient (Wildman–Crippen LogP) is 9.29. The number of esters is 2. The van der Waals surface area contributed by atoms with Crippen LogP contribution < -0.4 is 0 Å². The standard InChI is InChI=1S/C40H69NO7/c1-6-8-10-12-14-15-16-17-18-19-20-21-22-23-25-27-29-31-39(43)48-36(34-46-33-32-37(40(44)45)41(3,4)5)35-47-38(42)30-28-26-24-13-11-9-7-2/h17-18,20-21,23-26,36-37H,6-16,19,22,27-35H2,1-5H3/p+1/b18-17+,21-20+,25-23+,26-24+. The fourth-order valence-corrected chi connectivity index (χ4v) is 5.00.